The highest BCUT2D eigenvalue weighted by molar-refractivity contribution is 6.06. The molecule has 0 unspecified atom stereocenters. The Kier molecular flexibility index (Phi) is 8.25. The minimum atomic E-state index is -0.461. The van der Waals surface area contributed by atoms with Gasteiger partial charge >= 0.3 is 0 Å². The Bertz CT molecular complexity index is 1630. The molecule has 0 spiro atoms. The highest BCUT2D eigenvalue weighted by Crippen LogP contribution is 2.54. The molecule has 1 amide bonds. The molecule has 1 N–H and O–H groups in total. The van der Waals surface area contributed by atoms with Crippen LogP contribution in [0, 0.1) is 10.8 Å². The topological polar surface area (TPSA) is 75.7 Å². The molecule has 0 atom stereocenters. The highest BCUT2D eigenvalue weighted by Gasteiger charge is 2.48. The molecule has 0 radical (unpaired) electrons. The van der Waals surface area contributed by atoms with Gasteiger partial charge in [-0.15, -0.1) is 0 Å². The Morgan fingerprint density at radius 1 is 0.778 bits per heavy atom. The Balaban J connectivity index is 1.38. The molecule has 6 heteroatoms. The van der Waals surface area contributed by atoms with Gasteiger partial charge in [-0.2, -0.15) is 0 Å². The molecule has 6 rings (SSSR count). The van der Waals surface area contributed by atoms with Crippen molar-refractivity contribution in [1.29, 1.82) is 0 Å². The van der Waals surface area contributed by atoms with E-state index >= 15 is 0 Å². The SMILES string of the molecule is CC1(C)CC(=O)C2=C(C1)N(CCc1ccccc1)C1=C(C(=O)CC(C)(C)C1)C2c1cccc(OCC(=O)Nc2ccccc2)c1. The van der Waals surface area contributed by atoms with Gasteiger partial charge in [-0.25, -0.2) is 0 Å². The van der Waals surface area contributed by atoms with Crippen molar-refractivity contribution in [3.63, 3.8) is 0 Å². The molecule has 3 aliphatic rings. The van der Waals surface area contributed by atoms with Gasteiger partial charge in [-0.1, -0.05) is 88.4 Å². The van der Waals surface area contributed by atoms with Crippen LogP contribution in [0.4, 0.5) is 5.69 Å². The fraction of sp³-hybridized carbons (Fsp3) is 0.359. The fourth-order valence-corrected chi connectivity index (χ4v) is 7.19. The van der Waals surface area contributed by atoms with Gasteiger partial charge in [0.15, 0.2) is 18.2 Å². The first-order valence-corrected chi connectivity index (χ1v) is 15.9. The van der Waals surface area contributed by atoms with Crippen LogP contribution in [0.5, 0.6) is 5.75 Å². The van der Waals surface area contributed by atoms with Crippen molar-refractivity contribution in [2.45, 2.75) is 65.7 Å². The van der Waals surface area contributed by atoms with E-state index in [0.29, 0.717) is 30.8 Å². The number of Topliss-reactive ketones (excluding diaryl/α,β-unsaturated/α-hetero) is 2. The number of ether oxygens (including phenoxy) is 1. The number of hydrogen-bond donors (Lipinski definition) is 1. The van der Waals surface area contributed by atoms with Gasteiger partial charge in [-0.05, 0) is 65.5 Å². The third kappa shape index (κ3) is 6.65. The van der Waals surface area contributed by atoms with E-state index in [2.05, 4.69) is 62.2 Å². The van der Waals surface area contributed by atoms with Crippen molar-refractivity contribution in [2.75, 3.05) is 18.5 Å². The van der Waals surface area contributed by atoms with E-state index in [1.54, 1.807) is 0 Å². The number of benzene rings is 3. The van der Waals surface area contributed by atoms with Crippen LogP contribution in [0.1, 0.15) is 70.4 Å². The van der Waals surface area contributed by atoms with E-state index in [1.165, 1.54) is 5.56 Å². The lowest BCUT2D eigenvalue weighted by Crippen LogP contribution is -2.45. The van der Waals surface area contributed by atoms with E-state index < -0.39 is 5.92 Å². The molecule has 6 nitrogen and oxygen atoms in total. The van der Waals surface area contributed by atoms with Gasteiger partial charge in [0.1, 0.15) is 5.75 Å². The molecule has 1 aliphatic heterocycles. The normalized spacial score (nSPS) is 19.2. The number of rotatable bonds is 8. The predicted molar refractivity (Wildman–Crippen MR) is 177 cm³/mol. The molecule has 232 valence electrons. The van der Waals surface area contributed by atoms with Crippen molar-refractivity contribution in [2.24, 2.45) is 10.8 Å². The Hall–Kier alpha value is -4.45. The van der Waals surface area contributed by atoms with Crippen LogP contribution in [0.25, 0.3) is 0 Å². The summed E-state index contributed by atoms with van der Waals surface area (Å²) < 4.78 is 5.95. The van der Waals surface area contributed by atoms with Gasteiger partial charge < -0.3 is 15.0 Å². The molecular formula is C39H42N2O4. The Morgan fingerprint density at radius 2 is 1.36 bits per heavy atom. The maximum absolute atomic E-state index is 14.1. The maximum atomic E-state index is 14.1. The largest absolute Gasteiger partial charge is 0.484 e. The zero-order valence-corrected chi connectivity index (χ0v) is 26.7. The summed E-state index contributed by atoms with van der Waals surface area (Å²) in [6.45, 7) is 9.20. The Labute approximate surface area is 266 Å². The lowest BCUT2D eigenvalue weighted by atomic mass is 9.63. The van der Waals surface area contributed by atoms with Gasteiger partial charge in [0.2, 0.25) is 0 Å². The second-order valence-corrected chi connectivity index (χ2v) is 14.2. The number of allylic oxidation sites excluding steroid dienone is 4. The molecule has 1 heterocycles. The summed E-state index contributed by atoms with van der Waals surface area (Å²) in [6, 6.07) is 27.2. The van der Waals surface area contributed by atoms with Crippen LogP contribution >= 0.6 is 0 Å². The zero-order chi connectivity index (χ0) is 31.8. The van der Waals surface area contributed by atoms with Crippen molar-refractivity contribution < 1.29 is 19.1 Å². The lowest BCUT2D eigenvalue weighted by Gasteiger charge is -2.49. The minimum Gasteiger partial charge on any atom is -0.484 e. The lowest BCUT2D eigenvalue weighted by molar-refractivity contribution is -0.120. The third-order valence-electron chi connectivity index (χ3n) is 9.11. The number of amides is 1. The van der Waals surface area contributed by atoms with Gasteiger partial charge in [-0.3, -0.25) is 14.4 Å². The number of para-hydroxylation sites is 1. The quantitative estimate of drug-likeness (QED) is 0.287. The highest BCUT2D eigenvalue weighted by atomic mass is 16.5. The summed E-state index contributed by atoms with van der Waals surface area (Å²) in [5.41, 5.74) is 6.00. The second-order valence-electron chi connectivity index (χ2n) is 14.2. The van der Waals surface area contributed by atoms with Crippen molar-refractivity contribution in [3.05, 3.63) is 119 Å². The van der Waals surface area contributed by atoms with Crippen molar-refractivity contribution in [3.8, 4) is 5.75 Å². The van der Waals surface area contributed by atoms with E-state index in [1.807, 2.05) is 60.7 Å². The van der Waals surface area contributed by atoms with Gasteiger partial charge in [0.25, 0.3) is 5.91 Å². The molecule has 45 heavy (non-hydrogen) atoms. The van der Waals surface area contributed by atoms with Crippen LogP contribution in [-0.2, 0) is 20.8 Å². The molecule has 3 aromatic rings. The average molecular weight is 603 g/mol. The fourth-order valence-electron chi connectivity index (χ4n) is 7.19. The van der Waals surface area contributed by atoms with Crippen molar-refractivity contribution in [1.82, 2.24) is 4.90 Å². The minimum absolute atomic E-state index is 0.105. The summed E-state index contributed by atoms with van der Waals surface area (Å²) in [4.78, 5) is 43.2. The average Bonchev–Trinajstić information content (AvgIpc) is 2.99. The summed E-state index contributed by atoms with van der Waals surface area (Å²) >= 11 is 0. The molecule has 0 saturated heterocycles. The number of carbonyl (C=O) groups is 3. The Morgan fingerprint density at radius 3 is 1.96 bits per heavy atom. The molecule has 0 aromatic heterocycles. The summed E-state index contributed by atoms with van der Waals surface area (Å²) in [5, 5.41) is 2.85. The smallest absolute Gasteiger partial charge is 0.262 e. The van der Waals surface area contributed by atoms with Gasteiger partial charge in [0, 0.05) is 53.5 Å². The van der Waals surface area contributed by atoms with Crippen LogP contribution < -0.4 is 10.1 Å². The molecule has 0 bridgehead atoms. The van der Waals surface area contributed by atoms with Crippen LogP contribution in [0.15, 0.2) is 107 Å². The number of ketones is 2. The van der Waals surface area contributed by atoms with E-state index in [-0.39, 0.29) is 34.9 Å². The standard InChI is InChI=1S/C39H42N2O4/c1-38(2)21-30-36(32(42)23-38)35(27-14-11-17-29(20-27)45-25-34(44)40-28-15-9-6-10-16-28)37-31(22-39(3,4)24-33(37)43)41(30)19-18-26-12-7-5-8-13-26/h5-17,20,35H,18-19,21-25H2,1-4H3,(H,40,44). The molecule has 2 aliphatic carbocycles. The molecule has 3 aromatic carbocycles. The number of nitrogens with zero attached hydrogens (tertiary/aromatic N) is 1. The first-order valence-electron chi connectivity index (χ1n) is 15.9. The number of anilines is 1. The third-order valence-corrected chi connectivity index (χ3v) is 9.11. The summed E-state index contributed by atoms with van der Waals surface area (Å²) in [6.07, 6.45) is 3.22. The number of carbonyl (C=O) groups excluding carboxylic acids is 3. The summed E-state index contributed by atoms with van der Waals surface area (Å²) in [7, 11) is 0. The van der Waals surface area contributed by atoms with E-state index in [9.17, 15) is 14.4 Å². The summed E-state index contributed by atoms with van der Waals surface area (Å²) in [5.74, 6) is 0.0145. The van der Waals surface area contributed by atoms with Gasteiger partial charge in [0.05, 0.1) is 0 Å². The van der Waals surface area contributed by atoms with Crippen LogP contribution in [0.2, 0.25) is 0 Å². The second kappa shape index (κ2) is 12.2. The number of nitrogens with one attached hydrogen (secondary N) is 1. The zero-order valence-electron chi connectivity index (χ0n) is 26.7. The number of hydrogen-bond acceptors (Lipinski definition) is 5. The van der Waals surface area contributed by atoms with Crippen LogP contribution in [-0.4, -0.2) is 35.5 Å². The predicted octanol–water partition coefficient (Wildman–Crippen LogP) is 7.63. The maximum Gasteiger partial charge on any atom is 0.262 e. The van der Waals surface area contributed by atoms with Crippen LogP contribution in [0.3, 0.4) is 0 Å². The van der Waals surface area contributed by atoms with Crippen molar-refractivity contribution >= 4 is 23.2 Å². The monoisotopic (exact) mass is 602 g/mol. The van der Waals surface area contributed by atoms with E-state index in [0.717, 1.165) is 47.4 Å². The molecule has 0 fully saturated rings. The first-order chi connectivity index (χ1) is 21.5. The first kappa shape index (κ1) is 30.6. The molecule has 0 saturated carbocycles. The van der Waals surface area contributed by atoms with E-state index in [4.69, 9.17) is 4.74 Å². The molecular weight excluding hydrogens is 560 g/mol.